The van der Waals surface area contributed by atoms with E-state index in [-0.39, 0.29) is 6.61 Å². The van der Waals surface area contributed by atoms with Gasteiger partial charge in [0.2, 0.25) is 0 Å². The Balaban J connectivity index is 1.42. The first-order valence-corrected chi connectivity index (χ1v) is 8.97. The smallest absolute Gasteiger partial charge is 0.404 e. The van der Waals surface area contributed by atoms with Gasteiger partial charge in [0.05, 0.1) is 0 Å². The summed E-state index contributed by atoms with van der Waals surface area (Å²) in [6, 6.07) is 20.3. The third-order valence-electron chi connectivity index (χ3n) is 4.16. The van der Waals surface area contributed by atoms with Crippen molar-refractivity contribution in [3.8, 4) is 11.3 Å². The van der Waals surface area contributed by atoms with Gasteiger partial charge in [0.1, 0.15) is 5.69 Å². The molecule has 0 saturated heterocycles. The van der Waals surface area contributed by atoms with Gasteiger partial charge in [-0.1, -0.05) is 47.6 Å². The third kappa shape index (κ3) is 5.88. The SMILES string of the molecule is NC(=O)OCc1cc(-c2ccc(NCCCCc3ccccc3)cc2)no1. The zero-order valence-corrected chi connectivity index (χ0v) is 15.1. The molecule has 0 saturated carbocycles. The molecule has 0 atom stereocenters. The number of hydrogen-bond donors (Lipinski definition) is 2. The second-order valence-electron chi connectivity index (χ2n) is 6.23. The lowest BCUT2D eigenvalue weighted by Crippen LogP contribution is -2.12. The van der Waals surface area contributed by atoms with Crippen LogP contribution in [-0.2, 0) is 17.8 Å². The van der Waals surface area contributed by atoms with Gasteiger partial charge in [-0.3, -0.25) is 0 Å². The standard InChI is InChI=1S/C21H23N3O3/c22-21(25)26-15-19-14-20(24-27-19)17-9-11-18(12-10-17)23-13-5-4-8-16-6-2-1-3-7-16/h1-3,6-7,9-12,14,23H,4-5,8,13,15H2,(H2,22,25). The summed E-state index contributed by atoms with van der Waals surface area (Å²) in [7, 11) is 0. The van der Waals surface area contributed by atoms with Crippen molar-refractivity contribution < 1.29 is 14.1 Å². The Morgan fingerprint density at radius 3 is 2.59 bits per heavy atom. The van der Waals surface area contributed by atoms with Gasteiger partial charge in [-0.05, 0) is 37.0 Å². The van der Waals surface area contributed by atoms with Crippen molar-refractivity contribution in [3.05, 3.63) is 72.0 Å². The number of carbonyl (C=O) groups excluding carboxylic acids is 1. The van der Waals surface area contributed by atoms with Crippen LogP contribution < -0.4 is 11.1 Å². The van der Waals surface area contributed by atoms with Crippen LogP contribution in [0.4, 0.5) is 10.5 Å². The molecule has 0 aliphatic rings. The minimum atomic E-state index is -0.841. The highest BCUT2D eigenvalue weighted by Gasteiger charge is 2.08. The Hall–Kier alpha value is -3.28. The van der Waals surface area contributed by atoms with Gasteiger partial charge in [0.15, 0.2) is 12.4 Å². The lowest BCUT2D eigenvalue weighted by Gasteiger charge is -2.07. The maximum absolute atomic E-state index is 10.6. The molecule has 6 heteroatoms. The van der Waals surface area contributed by atoms with E-state index in [1.165, 1.54) is 5.56 Å². The van der Waals surface area contributed by atoms with Gasteiger partial charge in [0, 0.05) is 23.9 Å². The molecule has 1 heterocycles. The minimum Gasteiger partial charge on any atom is -0.441 e. The number of unbranched alkanes of at least 4 members (excludes halogenated alkanes) is 1. The summed E-state index contributed by atoms with van der Waals surface area (Å²) < 4.78 is 9.81. The van der Waals surface area contributed by atoms with Crippen molar-refractivity contribution in [1.29, 1.82) is 0 Å². The number of ether oxygens (including phenoxy) is 1. The first kappa shape index (κ1) is 18.5. The van der Waals surface area contributed by atoms with Crippen LogP contribution in [0.5, 0.6) is 0 Å². The van der Waals surface area contributed by atoms with Crippen LogP contribution in [0, 0.1) is 0 Å². The van der Waals surface area contributed by atoms with E-state index in [0.717, 1.165) is 37.1 Å². The Labute approximate surface area is 158 Å². The van der Waals surface area contributed by atoms with Crippen molar-refractivity contribution in [3.63, 3.8) is 0 Å². The molecule has 140 valence electrons. The predicted octanol–water partition coefficient (Wildman–Crippen LogP) is 4.37. The fourth-order valence-electron chi connectivity index (χ4n) is 2.75. The van der Waals surface area contributed by atoms with Crippen LogP contribution >= 0.6 is 0 Å². The molecule has 1 amide bonds. The molecule has 0 bridgehead atoms. The molecular weight excluding hydrogens is 342 g/mol. The van der Waals surface area contributed by atoms with Crippen molar-refractivity contribution in [2.24, 2.45) is 5.73 Å². The Morgan fingerprint density at radius 2 is 1.85 bits per heavy atom. The van der Waals surface area contributed by atoms with E-state index < -0.39 is 6.09 Å². The number of benzene rings is 2. The van der Waals surface area contributed by atoms with Crippen molar-refractivity contribution in [2.75, 3.05) is 11.9 Å². The molecule has 27 heavy (non-hydrogen) atoms. The largest absolute Gasteiger partial charge is 0.441 e. The first-order chi connectivity index (χ1) is 13.2. The van der Waals surface area contributed by atoms with Crippen molar-refractivity contribution in [1.82, 2.24) is 5.16 Å². The normalized spacial score (nSPS) is 10.5. The first-order valence-electron chi connectivity index (χ1n) is 8.97. The number of aromatic nitrogens is 1. The summed E-state index contributed by atoms with van der Waals surface area (Å²) in [6.07, 6.45) is 2.54. The molecule has 0 spiro atoms. The van der Waals surface area contributed by atoms with E-state index in [0.29, 0.717) is 11.5 Å². The topological polar surface area (TPSA) is 90.4 Å². The summed E-state index contributed by atoms with van der Waals surface area (Å²) in [5.74, 6) is 0.449. The van der Waals surface area contributed by atoms with Crippen molar-refractivity contribution in [2.45, 2.75) is 25.9 Å². The molecular formula is C21H23N3O3. The predicted molar refractivity (Wildman–Crippen MR) is 104 cm³/mol. The number of nitrogens with two attached hydrogens (primary N) is 1. The molecule has 3 rings (SSSR count). The van der Waals surface area contributed by atoms with Crippen LogP contribution in [-0.4, -0.2) is 17.8 Å². The highest BCUT2D eigenvalue weighted by molar-refractivity contribution is 5.65. The quantitative estimate of drug-likeness (QED) is 0.550. The van der Waals surface area contributed by atoms with E-state index in [4.69, 9.17) is 10.3 Å². The average Bonchev–Trinajstić information content (AvgIpc) is 3.16. The maximum atomic E-state index is 10.6. The van der Waals surface area contributed by atoms with Crippen LogP contribution in [0.1, 0.15) is 24.2 Å². The number of anilines is 1. The lowest BCUT2D eigenvalue weighted by molar-refractivity contribution is 0.137. The van der Waals surface area contributed by atoms with Crippen LogP contribution in [0.3, 0.4) is 0 Å². The van der Waals surface area contributed by atoms with Gasteiger partial charge in [-0.25, -0.2) is 4.79 Å². The second-order valence-corrected chi connectivity index (χ2v) is 6.23. The average molecular weight is 365 g/mol. The van der Waals surface area contributed by atoms with E-state index in [2.05, 4.69) is 39.5 Å². The number of hydrogen-bond acceptors (Lipinski definition) is 5. The monoisotopic (exact) mass is 365 g/mol. The molecule has 3 aromatic rings. The zero-order chi connectivity index (χ0) is 18.9. The molecule has 0 radical (unpaired) electrons. The third-order valence-corrected chi connectivity index (χ3v) is 4.16. The lowest BCUT2D eigenvalue weighted by atomic mass is 10.1. The molecule has 0 aliphatic carbocycles. The van der Waals surface area contributed by atoms with Gasteiger partial charge in [-0.2, -0.15) is 0 Å². The van der Waals surface area contributed by atoms with Gasteiger partial charge < -0.3 is 20.3 Å². The number of carbonyl (C=O) groups is 1. The molecule has 0 fully saturated rings. The Bertz CT molecular complexity index is 845. The molecule has 0 unspecified atom stereocenters. The highest BCUT2D eigenvalue weighted by Crippen LogP contribution is 2.21. The number of amides is 1. The Morgan fingerprint density at radius 1 is 1.07 bits per heavy atom. The van der Waals surface area contributed by atoms with Gasteiger partial charge in [-0.15, -0.1) is 0 Å². The maximum Gasteiger partial charge on any atom is 0.404 e. The van der Waals surface area contributed by atoms with E-state index in [9.17, 15) is 4.79 Å². The van der Waals surface area contributed by atoms with Crippen LogP contribution in [0.25, 0.3) is 11.3 Å². The van der Waals surface area contributed by atoms with Gasteiger partial charge >= 0.3 is 6.09 Å². The molecule has 1 aromatic heterocycles. The molecule has 0 aliphatic heterocycles. The van der Waals surface area contributed by atoms with Crippen molar-refractivity contribution >= 4 is 11.8 Å². The molecule has 6 nitrogen and oxygen atoms in total. The van der Waals surface area contributed by atoms with E-state index in [1.807, 2.05) is 30.3 Å². The number of aryl methyl sites for hydroxylation is 1. The van der Waals surface area contributed by atoms with E-state index in [1.54, 1.807) is 6.07 Å². The summed E-state index contributed by atoms with van der Waals surface area (Å²) in [6.45, 7) is 0.912. The van der Waals surface area contributed by atoms with Gasteiger partial charge in [0.25, 0.3) is 0 Å². The number of rotatable bonds is 9. The summed E-state index contributed by atoms with van der Waals surface area (Å²) in [5, 5.41) is 7.41. The Kier molecular flexibility index (Phi) is 6.46. The summed E-state index contributed by atoms with van der Waals surface area (Å²) in [4.78, 5) is 10.6. The number of primary amides is 1. The fourth-order valence-corrected chi connectivity index (χ4v) is 2.75. The minimum absolute atomic E-state index is 0.0229. The van der Waals surface area contributed by atoms with Crippen LogP contribution in [0.15, 0.2) is 65.2 Å². The summed E-state index contributed by atoms with van der Waals surface area (Å²) >= 11 is 0. The highest BCUT2D eigenvalue weighted by atomic mass is 16.6. The summed E-state index contributed by atoms with van der Waals surface area (Å²) in [5.41, 5.74) is 9.00. The van der Waals surface area contributed by atoms with E-state index >= 15 is 0 Å². The van der Waals surface area contributed by atoms with Crippen LogP contribution in [0.2, 0.25) is 0 Å². The molecule has 2 aromatic carbocycles. The zero-order valence-electron chi connectivity index (χ0n) is 15.1. The number of nitrogens with one attached hydrogen (secondary N) is 1. The fraction of sp³-hybridized carbons (Fsp3) is 0.238. The molecule has 3 N–H and O–H groups in total. The second kappa shape index (κ2) is 9.43. The number of nitrogens with zero attached hydrogens (tertiary/aromatic N) is 1.